The van der Waals surface area contributed by atoms with Crippen LogP contribution in [0.15, 0.2) is 0 Å². The molecule has 4 N–H and O–H groups in total. The minimum Gasteiger partial charge on any atom is -0.481 e. The van der Waals surface area contributed by atoms with Crippen LogP contribution in [0.3, 0.4) is 0 Å². The summed E-state index contributed by atoms with van der Waals surface area (Å²) < 4.78 is 0. The largest absolute Gasteiger partial charge is 0.481 e. The van der Waals surface area contributed by atoms with E-state index >= 15 is 0 Å². The second-order valence-corrected chi connectivity index (χ2v) is 1.88. The number of carboxylic acid groups (broad SMARTS) is 1. The van der Waals surface area contributed by atoms with E-state index in [9.17, 15) is 4.79 Å². The van der Waals surface area contributed by atoms with Gasteiger partial charge in [0.15, 0.2) is 0 Å². The van der Waals surface area contributed by atoms with Gasteiger partial charge in [-0.3, -0.25) is 4.79 Å². The first-order valence-electron chi connectivity index (χ1n) is 2.76. The standard InChI is InChI=1S/C5H10O5/c6-1-3(5(9)10)4(8)2-7/h3-4,6-8H,1-2H2,(H,9,10). The number of carboxylic acids is 1. The number of hydrogen-bond acceptors (Lipinski definition) is 4. The second-order valence-electron chi connectivity index (χ2n) is 1.88. The Morgan fingerprint density at radius 3 is 1.90 bits per heavy atom. The van der Waals surface area contributed by atoms with Crippen LogP contribution in [0.1, 0.15) is 0 Å². The Labute approximate surface area is 57.5 Å². The molecule has 2 atom stereocenters. The van der Waals surface area contributed by atoms with Crippen LogP contribution >= 0.6 is 0 Å². The Morgan fingerprint density at radius 1 is 1.30 bits per heavy atom. The summed E-state index contributed by atoms with van der Waals surface area (Å²) in [6.45, 7) is -1.32. The molecule has 0 aromatic carbocycles. The average Bonchev–Trinajstić information content (AvgIpc) is 1.88. The van der Waals surface area contributed by atoms with Crippen LogP contribution in [-0.4, -0.2) is 45.7 Å². The van der Waals surface area contributed by atoms with E-state index in [2.05, 4.69) is 0 Å². The van der Waals surface area contributed by atoms with Crippen LogP contribution in [0.5, 0.6) is 0 Å². The van der Waals surface area contributed by atoms with Crippen molar-refractivity contribution in [3.63, 3.8) is 0 Å². The van der Waals surface area contributed by atoms with E-state index in [1.54, 1.807) is 0 Å². The molecular formula is C5H10O5. The predicted molar refractivity (Wildman–Crippen MR) is 31.3 cm³/mol. The maximum Gasteiger partial charge on any atom is 0.311 e. The molecule has 0 fully saturated rings. The van der Waals surface area contributed by atoms with Crippen LogP contribution < -0.4 is 0 Å². The lowest BCUT2D eigenvalue weighted by Gasteiger charge is -2.13. The van der Waals surface area contributed by atoms with E-state index < -0.39 is 31.2 Å². The highest BCUT2D eigenvalue weighted by molar-refractivity contribution is 5.70. The molecule has 0 aromatic rings. The topological polar surface area (TPSA) is 98.0 Å². The van der Waals surface area contributed by atoms with Gasteiger partial charge in [0, 0.05) is 0 Å². The highest BCUT2D eigenvalue weighted by atomic mass is 16.4. The smallest absolute Gasteiger partial charge is 0.311 e. The Hall–Kier alpha value is -0.650. The first-order chi connectivity index (χ1) is 4.63. The van der Waals surface area contributed by atoms with E-state index in [0.717, 1.165) is 0 Å². The third-order valence-corrected chi connectivity index (χ3v) is 1.17. The van der Waals surface area contributed by atoms with Crippen molar-refractivity contribution >= 4 is 5.97 Å². The summed E-state index contributed by atoms with van der Waals surface area (Å²) >= 11 is 0. The van der Waals surface area contributed by atoms with E-state index in [0.29, 0.717) is 0 Å². The molecular weight excluding hydrogens is 140 g/mol. The van der Waals surface area contributed by atoms with E-state index in [1.807, 2.05) is 0 Å². The van der Waals surface area contributed by atoms with Crippen LogP contribution in [0.4, 0.5) is 0 Å². The first kappa shape index (κ1) is 9.35. The molecule has 0 aliphatic rings. The van der Waals surface area contributed by atoms with Crippen molar-refractivity contribution in [3.8, 4) is 0 Å². The van der Waals surface area contributed by atoms with Gasteiger partial charge in [-0.1, -0.05) is 0 Å². The van der Waals surface area contributed by atoms with Gasteiger partial charge in [0.2, 0.25) is 0 Å². The molecule has 0 aromatic heterocycles. The summed E-state index contributed by atoms with van der Waals surface area (Å²) in [6.07, 6.45) is -1.39. The van der Waals surface area contributed by atoms with Crippen molar-refractivity contribution in [1.82, 2.24) is 0 Å². The van der Waals surface area contributed by atoms with Gasteiger partial charge in [0.25, 0.3) is 0 Å². The molecule has 0 bridgehead atoms. The number of rotatable bonds is 4. The molecule has 10 heavy (non-hydrogen) atoms. The number of carbonyl (C=O) groups is 1. The minimum absolute atomic E-state index is 0.655. The summed E-state index contributed by atoms with van der Waals surface area (Å²) in [7, 11) is 0. The quantitative estimate of drug-likeness (QED) is 0.373. The van der Waals surface area contributed by atoms with Gasteiger partial charge in [-0.25, -0.2) is 0 Å². The fourth-order valence-electron chi connectivity index (χ4n) is 0.492. The van der Waals surface area contributed by atoms with Gasteiger partial charge in [-0.2, -0.15) is 0 Å². The van der Waals surface area contributed by atoms with E-state index in [4.69, 9.17) is 20.4 Å². The van der Waals surface area contributed by atoms with Crippen LogP contribution in [0, 0.1) is 5.92 Å². The molecule has 5 heteroatoms. The average molecular weight is 150 g/mol. The highest BCUT2D eigenvalue weighted by Crippen LogP contribution is 2.01. The van der Waals surface area contributed by atoms with Crippen molar-refractivity contribution in [2.45, 2.75) is 6.10 Å². The number of aliphatic carboxylic acids is 1. The monoisotopic (exact) mass is 150 g/mol. The van der Waals surface area contributed by atoms with Gasteiger partial charge in [0.1, 0.15) is 5.92 Å². The van der Waals surface area contributed by atoms with Crippen molar-refractivity contribution < 1.29 is 25.2 Å². The Morgan fingerprint density at radius 2 is 1.80 bits per heavy atom. The SMILES string of the molecule is O=C(O)C(CO)C(O)CO. The third-order valence-electron chi connectivity index (χ3n) is 1.17. The molecule has 0 amide bonds. The lowest BCUT2D eigenvalue weighted by Crippen LogP contribution is -2.33. The predicted octanol–water partition coefficient (Wildman–Crippen LogP) is -1.97. The normalized spacial score (nSPS) is 16.3. The zero-order valence-corrected chi connectivity index (χ0v) is 5.27. The summed E-state index contributed by atoms with van der Waals surface area (Å²) in [5.41, 5.74) is 0. The van der Waals surface area contributed by atoms with Crippen molar-refractivity contribution in [2.75, 3.05) is 13.2 Å². The lowest BCUT2D eigenvalue weighted by atomic mass is 10.1. The Kier molecular flexibility index (Phi) is 3.94. The van der Waals surface area contributed by atoms with Crippen molar-refractivity contribution in [3.05, 3.63) is 0 Å². The Bertz CT molecular complexity index is 113. The molecule has 0 heterocycles. The van der Waals surface area contributed by atoms with Gasteiger partial charge >= 0.3 is 5.97 Å². The zero-order valence-electron chi connectivity index (χ0n) is 5.27. The summed E-state index contributed by atoms with van der Waals surface area (Å²) in [6, 6.07) is 0. The molecule has 0 aliphatic heterocycles. The molecule has 0 aliphatic carbocycles. The number of hydrogen-bond donors (Lipinski definition) is 4. The summed E-state index contributed by atoms with van der Waals surface area (Å²) in [5, 5.41) is 33.5. The van der Waals surface area contributed by atoms with E-state index in [1.165, 1.54) is 0 Å². The van der Waals surface area contributed by atoms with Crippen LogP contribution in [-0.2, 0) is 4.79 Å². The molecule has 5 nitrogen and oxygen atoms in total. The summed E-state index contributed by atoms with van der Waals surface area (Å²) in [4.78, 5) is 10.1. The Balaban J connectivity index is 3.92. The maximum absolute atomic E-state index is 10.1. The molecule has 60 valence electrons. The van der Waals surface area contributed by atoms with Crippen LogP contribution in [0.2, 0.25) is 0 Å². The molecule has 0 rings (SSSR count). The maximum atomic E-state index is 10.1. The van der Waals surface area contributed by atoms with E-state index in [-0.39, 0.29) is 0 Å². The van der Waals surface area contributed by atoms with Gasteiger partial charge in [-0.05, 0) is 0 Å². The highest BCUT2D eigenvalue weighted by Gasteiger charge is 2.24. The van der Waals surface area contributed by atoms with Gasteiger partial charge < -0.3 is 20.4 Å². The van der Waals surface area contributed by atoms with Gasteiger partial charge in [-0.15, -0.1) is 0 Å². The summed E-state index contributed by atoms with van der Waals surface area (Å²) in [5.74, 6) is -2.60. The van der Waals surface area contributed by atoms with Crippen LogP contribution in [0.25, 0.3) is 0 Å². The molecule has 0 radical (unpaired) electrons. The molecule has 0 saturated heterocycles. The number of aliphatic hydroxyl groups excluding tert-OH is 3. The fraction of sp³-hybridized carbons (Fsp3) is 0.800. The third kappa shape index (κ3) is 2.30. The lowest BCUT2D eigenvalue weighted by molar-refractivity contribution is -0.148. The fourth-order valence-corrected chi connectivity index (χ4v) is 0.492. The zero-order chi connectivity index (χ0) is 8.15. The van der Waals surface area contributed by atoms with Crippen molar-refractivity contribution in [1.29, 1.82) is 0 Å². The first-order valence-corrected chi connectivity index (χ1v) is 2.76. The van der Waals surface area contributed by atoms with Crippen molar-refractivity contribution in [2.24, 2.45) is 5.92 Å². The van der Waals surface area contributed by atoms with Gasteiger partial charge in [0.05, 0.1) is 19.3 Å². The molecule has 0 saturated carbocycles. The second kappa shape index (κ2) is 4.21. The molecule has 0 spiro atoms. The number of aliphatic hydroxyl groups is 3. The molecule has 2 unspecified atom stereocenters. The minimum atomic E-state index is -1.39.